The number of nitrogens with zero attached hydrogens (tertiary/aromatic N) is 1. The number of hydrogen-bond acceptors (Lipinski definition) is 6. The number of ether oxygens (including phenoxy) is 3. The van der Waals surface area contributed by atoms with Gasteiger partial charge in [-0.3, -0.25) is 9.69 Å². The molecule has 0 atom stereocenters. The molecule has 180 valence electrons. The highest BCUT2D eigenvalue weighted by Gasteiger charge is 2.35. The van der Waals surface area contributed by atoms with E-state index < -0.39 is 0 Å². The minimum absolute atomic E-state index is 0.194. The molecule has 9 heteroatoms. The molecule has 3 aromatic carbocycles. The molecule has 35 heavy (non-hydrogen) atoms. The lowest BCUT2D eigenvalue weighted by molar-refractivity contribution is -0.113. The summed E-state index contributed by atoms with van der Waals surface area (Å²) in [5.74, 6) is 1.65. The number of thiocarbonyl (C=S) groups is 1. The highest BCUT2D eigenvalue weighted by molar-refractivity contribution is 14.1. The van der Waals surface area contributed by atoms with Crippen molar-refractivity contribution in [1.82, 2.24) is 0 Å². The van der Waals surface area contributed by atoms with Crippen molar-refractivity contribution in [3.63, 3.8) is 0 Å². The predicted molar refractivity (Wildman–Crippen MR) is 155 cm³/mol. The average molecular weight is 638 g/mol. The van der Waals surface area contributed by atoms with Crippen LogP contribution < -0.4 is 19.1 Å². The molecule has 1 aliphatic rings. The molecule has 3 aromatic rings. The number of anilines is 1. The van der Waals surface area contributed by atoms with E-state index in [1.165, 1.54) is 16.7 Å². The van der Waals surface area contributed by atoms with Gasteiger partial charge in [-0.1, -0.05) is 59.8 Å². The molecule has 0 radical (unpaired) electrons. The molecule has 1 aliphatic heterocycles. The number of carbonyl (C=O) groups excluding carboxylic acids is 1. The first-order valence-electron chi connectivity index (χ1n) is 10.7. The zero-order chi connectivity index (χ0) is 24.9. The molecule has 0 aromatic heterocycles. The van der Waals surface area contributed by atoms with Gasteiger partial charge in [-0.15, -0.1) is 0 Å². The first-order chi connectivity index (χ1) is 16.9. The maximum atomic E-state index is 13.3. The number of amides is 1. The fraction of sp³-hybridized carbons (Fsp3) is 0.154. The molecule has 0 saturated carbocycles. The van der Waals surface area contributed by atoms with Crippen LogP contribution in [0.25, 0.3) is 6.08 Å². The standard InChI is InChI=1S/C26H21ClINO4S2/c1-3-32-22-13-17(12-19(28)24(22)33-15-16-8-10-18(27)11-9-16)14-23-25(30)29(26(34)35-23)20-6-4-5-7-21(20)31-2/h4-14H,3,15H2,1-2H3/b23-14+. The monoisotopic (exact) mass is 637 g/mol. The topological polar surface area (TPSA) is 48.0 Å². The van der Waals surface area contributed by atoms with E-state index in [0.29, 0.717) is 50.4 Å². The quantitative estimate of drug-likeness (QED) is 0.146. The van der Waals surface area contributed by atoms with Crippen LogP contribution in [0.1, 0.15) is 18.1 Å². The number of benzene rings is 3. The minimum atomic E-state index is -0.194. The van der Waals surface area contributed by atoms with Crippen molar-refractivity contribution < 1.29 is 19.0 Å². The van der Waals surface area contributed by atoms with Crippen LogP contribution in [0.3, 0.4) is 0 Å². The van der Waals surface area contributed by atoms with E-state index in [1.54, 1.807) is 13.2 Å². The Morgan fingerprint density at radius 2 is 1.83 bits per heavy atom. The van der Waals surface area contributed by atoms with E-state index >= 15 is 0 Å². The van der Waals surface area contributed by atoms with Crippen LogP contribution in [-0.2, 0) is 11.4 Å². The van der Waals surface area contributed by atoms with Crippen LogP contribution in [0.15, 0.2) is 65.6 Å². The predicted octanol–water partition coefficient (Wildman–Crippen LogP) is 7.34. The molecule has 5 nitrogen and oxygen atoms in total. The Morgan fingerprint density at radius 1 is 1.09 bits per heavy atom. The zero-order valence-electron chi connectivity index (χ0n) is 18.9. The molecule has 1 saturated heterocycles. The Balaban J connectivity index is 1.61. The molecule has 1 heterocycles. The van der Waals surface area contributed by atoms with Gasteiger partial charge in [0.25, 0.3) is 5.91 Å². The molecule has 0 spiro atoms. The lowest BCUT2D eigenvalue weighted by Crippen LogP contribution is -2.27. The van der Waals surface area contributed by atoms with E-state index in [1.807, 2.05) is 67.6 Å². The van der Waals surface area contributed by atoms with Crippen LogP contribution >= 0.6 is 58.2 Å². The largest absolute Gasteiger partial charge is 0.495 e. The number of para-hydroxylation sites is 2. The number of thioether (sulfide) groups is 1. The van der Waals surface area contributed by atoms with Gasteiger partial charge in [0, 0.05) is 5.02 Å². The summed E-state index contributed by atoms with van der Waals surface area (Å²) >= 11 is 15.0. The zero-order valence-corrected chi connectivity index (χ0v) is 23.5. The van der Waals surface area contributed by atoms with Crippen molar-refractivity contribution in [3.8, 4) is 17.2 Å². The molecular weight excluding hydrogens is 617 g/mol. The van der Waals surface area contributed by atoms with Gasteiger partial charge in [0.1, 0.15) is 12.4 Å². The Kier molecular flexibility index (Phi) is 8.59. The first-order valence-corrected chi connectivity index (χ1v) is 13.3. The Hall–Kier alpha value is -2.27. The fourth-order valence-corrected chi connectivity index (χ4v) is 5.64. The van der Waals surface area contributed by atoms with Gasteiger partial charge in [0.15, 0.2) is 15.8 Å². The highest BCUT2D eigenvalue weighted by atomic mass is 127. The van der Waals surface area contributed by atoms with E-state index in [0.717, 1.165) is 14.7 Å². The number of rotatable bonds is 8. The van der Waals surface area contributed by atoms with Crippen molar-refractivity contribution in [2.24, 2.45) is 0 Å². The van der Waals surface area contributed by atoms with E-state index in [-0.39, 0.29) is 5.91 Å². The van der Waals surface area contributed by atoms with Gasteiger partial charge in [-0.25, -0.2) is 0 Å². The lowest BCUT2D eigenvalue weighted by Gasteiger charge is -2.17. The molecule has 0 unspecified atom stereocenters. The smallest absolute Gasteiger partial charge is 0.270 e. The summed E-state index contributed by atoms with van der Waals surface area (Å²) in [6.45, 7) is 2.78. The van der Waals surface area contributed by atoms with Gasteiger partial charge < -0.3 is 14.2 Å². The highest BCUT2D eigenvalue weighted by Crippen LogP contribution is 2.41. The van der Waals surface area contributed by atoms with Gasteiger partial charge in [0.2, 0.25) is 0 Å². The van der Waals surface area contributed by atoms with Gasteiger partial charge >= 0.3 is 0 Å². The maximum Gasteiger partial charge on any atom is 0.270 e. The third-order valence-corrected chi connectivity index (χ3v) is 7.40. The van der Waals surface area contributed by atoms with Crippen LogP contribution in [0.5, 0.6) is 17.2 Å². The van der Waals surface area contributed by atoms with Gasteiger partial charge in [-0.2, -0.15) is 0 Å². The van der Waals surface area contributed by atoms with Crippen LogP contribution in [0, 0.1) is 3.57 Å². The summed E-state index contributed by atoms with van der Waals surface area (Å²) in [5.41, 5.74) is 2.44. The number of carbonyl (C=O) groups is 1. The Labute approximate surface area is 232 Å². The summed E-state index contributed by atoms with van der Waals surface area (Å²) in [6.07, 6.45) is 1.82. The summed E-state index contributed by atoms with van der Waals surface area (Å²) in [5, 5.41) is 0.679. The molecule has 0 N–H and O–H groups in total. The summed E-state index contributed by atoms with van der Waals surface area (Å²) < 4.78 is 18.7. The van der Waals surface area contributed by atoms with E-state index in [9.17, 15) is 4.79 Å². The van der Waals surface area contributed by atoms with Crippen molar-refractivity contribution in [2.75, 3.05) is 18.6 Å². The van der Waals surface area contributed by atoms with Crippen LogP contribution in [0.4, 0.5) is 5.69 Å². The molecule has 0 aliphatic carbocycles. The molecule has 1 amide bonds. The Morgan fingerprint density at radius 3 is 2.54 bits per heavy atom. The maximum absolute atomic E-state index is 13.3. The summed E-state index contributed by atoms with van der Waals surface area (Å²) in [4.78, 5) is 15.3. The van der Waals surface area contributed by atoms with Gasteiger partial charge in [-0.05, 0) is 83.1 Å². The van der Waals surface area contributed by atoms with Gasteiger partial charge in [0.05, 0.1) is 27.9 Å². The first kappa shape index (κ1) is 25.8. The molecule has 1 fully saturated rings. The van der Waals surface area contributed by atoms with E-state index in [4.69, 9.17) is 38.0 Å². The normalized spacial score (nSPS) is 14.5. The third-order valence-electron chi connectivity index (χ3n) is 5.05. The minimum Gasteiger partial charge on any atom is -0.495 e. The Bertz CT molecular complexity index is 1300. The molecular formula is C26H21ClINO4S2. The average Bonchev–Trinajstić information content (AvgIpc) is 3.12. The third kappa shape index (κ3) is 5.94. The number of halogens is 2. The molecule has 0 bridgehead atoms. The van der Waals surface area contributed by atoms with Crippen molar-refractivity contribution >= 4 is 80.2 Å². The molecule has 4 rings (SSSR count). The van der Waals surface area contributed by atoms with Crippen molar-refractivity contribution in [3.05, 3.63) is 85.3 Å². The second kappa shape index (κ2) is 11.6. The second-order valence-electron chi connectivity index (χ2n) is 7.37. The summed E-state index contributed by atoms with van der Waals surface area (Å²) in [7, 11) is 1.57. The lowest BCUT2D eigenvalue weighted by atomic mass is 10.1. The van der Waals surface area contributed by atoms with Crippen LogP contribution in [0.2, 0.25) is 5.02 Å². The SMILES string of the molecule is CCOc1cc(/C=C2/SC(=S)N(c3ccccc3OC)C2=O)cc(I)c1OCc1ccc(Cl)cc1. The van der Waals surface area contributed by atoms with Crippen molar-refractivity contribution in [2.45, 2.75) is 13.5 Å². The van der Waals surface area contributed by atoms with Crippen molar-refractivity contribution in [1.29, 1.82) is 0 Å². The summed E-state index contributed by atoms with van der Waals surface area (Å²) in [6, 6.07) is 18.7. The van der Waals surface area contributed by atoms with Crippen LogP contribution in [-0.4, -0.2) is 23.9 Å². The van der Waals surface area contributed by atoms with E-state index in [2.05, 4.69) is 22.6 Å². The fourth-order valence-electron chi connectivity index (χ4n) is 3.45. The number of methoxy groups -OCH3 is 1. The number of hydrogen-bond donors (Lipinski definition) is 0. The second-order valence-corrected chi connectivity index (χ2v) is 10.6.